The molecule has 2 rings (SSSR count). The summed E-state index contributed by atoms with van der Waals surface area (Å²) in [6, 6.07) is 9.67. The average molecular weight is 213 g/mol. The molecule has 0 unspecified atom stereocenters. The molecule has 0 spiro atoms. The summed E-state index contributed by atoms with van der Waals surface area (Å²) in [5.41, 5.74) is 1.80. The Kier molecular flexibility index (Phi) is 3.56. The number of rotatable bonds is 1. The second-order valence-corrected chi connectivity index (χ2v) is 3.30. The Hall–Kier alpha value is -1.81. The molecule has 0 amide bonds. The highest BCUT2D eigenvalue weighted by Gasteiger charge is 2.20. The SMILES string of the molecule is N#CCC#Cc1ccccc1C1OCCO1. The molecular weight excluding hydrogens is 202 g/mol. The minimum absolute atomic E-state index is 0.237. The zero-order valence-electron chi connectivity index (χ0n) is 8.77. The van der Waals surface area contributed by atoms with E-state index in [9.17, 15) is 0 Å². The third-order valence-corrected chi connectivity index (χ3v) is 2.23. The van der Waals surface area contributed by atoms with E-state index in [1.165, 1.54) is 0 Å². The summed E-state index contributed by atoms with van der Waals surface area (Å²) in [7, 11) is 0. The lowest BCUT2D eigenvalue weighted by Gasteiger charge is -2.10. The highest BCUT2D eigenvalue weighted by molar-refractivity contribution is 5.42. The van der Waals surface area contributed by atoms with Gasteiger partial charge in [-0.15, -0.1) is 0 Å². The molecule has 3 heteroatoms. The van der Waals surface area contributed by atoms with Crippen LogP contribution in [-0.4, -0.2) is 13.2 Å². The Morgan fingerprint density at radius 1 is 1.25 bits per heavy atom. The van der Waals surface area contributed by atoms with Crippen molar-refractivity contribution in [1.29, 1.82) is 5.26 Å². The van der Waals surface area contributed by atoms with Crippen molar-refractivity contribution in [3.63, 3.8) is 0 Å². The lowest BCUT2D eigenvalue weighted by atomic mass is 10.1. The number of nitrogens with zero attached hydrogens (tertiary/aromatic N) is 1. The van der Waals surface area contributed by atoms with Crippen LogP contribution in [0.5, 0.6) is 0 Å². The van der Waals surface area contributed by atoms with E-state index in [1.807, 2.05) is 30.3 Å². The standard InChI is InChI=1S/C13H11NO2/c14-8-4-3-6-11-5-1-2-7-12(11)13-15-9-10-16-13/h1-2,5,7,13H,4,9-10H2. The van der Waals surface area contributed by atoms with Crippen LogP contribution in [0, 0.1) is 23.2 Å². The van der Waals surface area contributed by atoms with Gasteiger partial charge in [-0.05, 0) is 6.07 Å². The summed E-state index contributed by atoms with van der Waals surface area (Å²) < 4.78 is 10.9. The summed E-state index contributed by atoms with van der Waals surface area (Å²) in [6.45, 7) is 1.23. The fraction of sp³-hybridized carbons (Fsp3) is 0.308. The zero-order chi connectivity index (χ0) is 11.2. The molecule has 1 aromatic carbocycles. The van der Waals surface area contributed by atoms with Crippen LogP contribution in [0.3, 0.4) is 0 Å². The molecule has 1 fully saturated rings. The van der Waals surface area contributed by atoms with Crippen LogP contribution >= 0.6 is 0 Å². The predicted octanol–water partition coefficient (Wildman–Crippen LogP) is 2.00. The van der Waals surface area contributed by atoms with Gasteiger partial charge < -0.3 is 9.47 Å². The average Bonchev–Trinajstić information content (AvgIpc) is 2.83. The molecule has 1 saturated heterocycles. The summed E-state index contributed by atoms with van der Waals surface area (Å²) in [5.74, 6) is 5.75. The highest BCUT2D eigenvalue weighted by Crippen LogP contribution is 2.25. The predicted molar refractivity (Wildman–Crippen MR) is 58.2 cm³/mol. The van der Waals surface area contributed by atoms with E-state index in [2.05, 4.69) is 11.8 Å². The quantitative estimate of drug-likeness (QED) is 0.670. The first-order valence-corrected chi connectivity index (χ1v) is 5.10. The van der Waals surface area contributed by atoms with Crippen LogP contribution in [0.1, 0.15) is 23.8 Å². The first-order chi connectivity index (χ1) is 7.92. The van der Waals surface area contributed by atoms with Gasteiger partial charge in [0.25, 0.3) is 0 Å². The molecule has 0 N–H and O–H groups in total. The summed E-state index contributed by atoms with van der Waals surface area (Å²) in [4.78, 5) is 0. The van der Waals surface area contributed by atoms with Crippen molar-refractivity contribution in [2.45, 2.75) is 12.7 Å². The van der Waals surface area contributed by atoms with Crippen molar-refractivity contribution < 1.29 is 9.47 Å². The van der Waals surface area contributed by atoms with E-state index in [4.69, 9.17) is 14.7 Å². The Labute approximate surface area is 94.6 Å². The number of ether oxygens (including phenoxy) is 2. The molecule has 1 heterocycles. The van der Waals surface area contributed by atoms with Crippen molar-refractivity contribution in [2.75, 3.05) is 13.2 Å². The largest absolute Gasteiger partial charge is 0.346 e. The maximum absolute atomic E-state index is 8.42. The second-order valence-electron chi connectivity index (χ2n) is 3.30. The van der Waals surface area contributed by atoms with Crippen LogP contribution in [0.2, 0.25) is 0 Å². The lowest BCUT2D eigenvalue weighted by molar-refractivity contribution is -0.0442. The Balaban J connectivity index is 2.24. The maximum Gasteiger partial charge on any atom is 0.185 e. The normalized spacial score (nSPS) is 15.2. The molecule has 0 bridgehead atoms. The summed E-state index contributed by atoms with van der Waals surface area (Å²) >= 11 is 0. The van der Waals surface area contributed by atoms with E-state index >= 15 is 0 Å². The van der Waals surface area contributed by atoms with E-state index in [0.717, 1.165) is 11.1 Å². The van der Waals surface area contributed by atoms with Gasteiger partial charge in [-0.25, -0.2) is 0 Å². The van der Waals surface area contributed by atoms with Crippen LogP contribution in [0.4, 0.5) is 0 Å². The number of hydrogen-bond acceptors (Lipinski definition) is 3. The van der Waals surface area contributed by atoms with Gasteiger partial charge >= 0.3 is 0 Å². The molecule has 0 atom stereocenters. The minimum atomic E-state index is -0.312. The fourth-order valence-corrected chi connectivity index (χ4v) is 1.53. The Morgan fingerprint density at radius 3 is 2.75 bits per heavy atom. The molecule has 3 nitrogen and oxygen atoms in total. The topological polar surface area (TPSA) is 42.2 Å². The van der Waals surface area contributed by atoms with Gasteiger partial charge in [0.05, 0.1) is 25.7 Å². The molecule has 0 saturated carbocycles. The van der Waals surface area contributed by atoms with Crippen molar-refractivity contribution in [3.8, 4) is 17.9 Å². The highest BCUT2D eigenvalue weighted by atomic mass is 16.7. The van der Waals surface area contributed by atoms with E-state index in [0.29, 0.717) is 13.2 Å². The van der Waals surface area contributed by atoms with Gasteiger partial charge in [-0.1, -0.05) is 30.0 Å². The second kappa shape index (κ2) is 5.32. The minimum Gasteiger partial charge on any atom is -0.346 e. The van der Waals surface area contributed by atoms with Crippen LogP contribution < -0.4 is 0 Å². The molecule has 1 aromatic rings. The van der Waals surface area contributed by atoms with E-state index < -0.39 is 0 Å². The van der Waals surface area contributed by atoms with Crippen LogP contribution in [-0.2, 0) is 9.47 Å². The molecule has 0 aliphatic carbocycles. The molecule has 0 aromatic heterocycles. The van der Waals surface area contributed by atoms with E-state index in [1.54, 1.807) is 0 Å². The van der Waals surface area contributed by atoms with Crippen molar-refractivity contribution >= 4 is 0 Å². The van der Waals surface area contributed by atoms with Crippen LogP contribution in [0.15, 0.2) is 24.3 Å². The summed E-state index contributed by atoms with van der Waals surface area (Å²) in [5, 5.41) is 8.42. The zero-order valence-corrected chi connectivity index (χ0v) is 8.77. The number of nitriles is 1. The molecule has 1 aliphatic heterocycles. The Morgan fingerprint density at radius 2 is 2.00 bits per heavy atom. The van der Waals surface area contributed by atoms with Crippen LogP contribution in [0.25, 0.3) is 0 Å². The van der Waals surface area contributed by atoms with Gasteiger partial charge in [0.15, 0.2) is 6.29 Å². The maximum atomic E-state index is 8.42. The first kappa shape index (κ1) is 10.7. The molecule has 80 valence electrons. The smallest absolute Gasteiger partial charge is 0.185 e. The van der Waals surface area contributed by atoms with Gasteiger partial charge in [0, 0.05) is 11.1 Å². The molecular formula is C13H11NO2. The van der Waals surface area contributed by atoms with Crippen molar-refractivity contribution in [1.82, 2.24) is 0 Å². The molecule has 1 aliphatic rings. The van der Waals surface area contributed by atoms with E-state index in [-0.39, 0.29) is 12.7 Å². The van der Waals surface area contributed by atoms with Gasteiger partial charge in [0.2, 0.25) is 0 Å². The first-order valence-electron chi connectivity index (χ1n) is 5.10. The Bertz CT molecular complexity index is 459. The third kappa shape index (κ3) is 2.41. The molecule has 0 radical (unpaired) electrons. The fourth-order valence-electron chi connectivity index (χ4n) is 1.53. The molecule has 16 heavy (non-hydrogen) atoms. The monoisotopic (exact) mass is 213 g/mol. The van der Waals surface area contributed by atoms with Crippen molar-refractivity contribution in [3.05, 3.63) is 35.4 Å². The third-order valence-electron chi connectivity index (χ3n) is 2.23. The van der Waals surface area contributed by atoms with Crippen molar-refractivity contribution in [2.24, 2.45) is 0 Å². The number of benzene rings is 1. The van der Waals surface area contributed by atoms with Gasteiger partial charge in [-0.3, -0.25) is 0 Å². The van der Waals surface area contributed by atoms with Gasteiger partial charge in [0.1, 0.15) is 0 Å². The number of hydrogen-bond donors (Lipinski definition) is 0. The lowest BCUT2D eigenvalue weighted by Crippen LogP contribution is -2.00. The summed E-state index contributed by atoms with van der Waals surface area (Å²) in [6.07, 6.45) is -0.0756. The van der Waals surface area contributed by atoms with Gasteiger partial charge in [-0.2, -0.15) is 5.26 Å².